The summed E-state index contributed by atoms with van der Waals surface area (Å²) < 4.78 is 5.12. The number of anilines is 2. The minimum absolute atomic E-state index is 0.534. The maximum Gasteiger partial charge on any atom is 0.215 e. The molecule has 0 amide bonds. The molecule has 16 heavy (non-hydrogen) atoms. The zero-order chi connectivity index (χ0) is 11.5. The highest BCUT2D eigenvalue weighted by Crippen LogP contribution is 2.29. The molecule has 0 aliphatic carbocycles. The minimum atomic E-state index is 0.534. The van der Waals surface area contributed by atoms with Gasteiger partial charge in [-0.2, -0.15) is 16.7 Å². The summed E-state index contributed by atoms with van der Waals surface area (Å²) in [4.78, 5) is 6.57. The van der Waals surface area contributed by atoms with E-state index in [1.54, 1.807) is 13.2 Å². The van der Waals surface area contributed by atoms with Crippen LogP contribution in [0.4, 0.5) is 11.5 Å². The second-order valence-electron chi connectivity index (χ2n) is 3.89. The van der Waals surface area contributed by atoms with Gasteiger partial charge in [-0.3, -0.25) is 0 Å². The molecule has 1 unspecified atom stereocenters. The lowest BCUT2D eigenvalue weighted by Crippen LogP contribution is -2.32. The molecule has 88 valence electrons. The average Bonchev–Trinajstić information content (AvgIpc) is 2.82. The van der Waals surface area contributed by atoms with Crippen molar-refractivity contribution in [3.8, 4) is 5.88 Å². The van der Waals surface area contributed by atoms with Crippen molar-refractivity contribution in [2.75, 3.05) is 36.3 Å². The van der Waals surface area contributed by atoms with Crippen LogP contribution in [0, 0.1) is 0 Å². The van der Waals surface area contributed by atoms with Gasteiger partial charge in [0, 0.05) is 24.9 Å². The standard InChI is InChI=1S/C11H17N3OS/c1-14(8-5-6-16-7-8)11-9(12)3-4-10(13-11)15-2/h3-4,8H,5-7,12H2,1-2H3. The summed E-state index contributed by atoms with van der Waals surface area (Å²) in [6, 6.07) is 4.17. The second kappa shape index (κ2) is 4.82. The van der Waals surface area contributed by atoms with Gasteiger partial charge in [-0.25, -0.2) is 0 Å². The molecule has 0 spiro atoms. The molecule has 1 aromatic heterocycles. The Bertz CT molecular complexity index is 366. The van der Waals surface area contributed by atoms with Gasteiger partial charge in [-0.15, -0.1) is 0 Å². The predicted molar refractivity (Wildman–Crippen MR) is 69.3 cm³/mol. The molecule has 0 radical (unpaired) electrons. The van der Waals surface area contributed by atoms with Crippen molar-refractivity contribution in [1.82, 2.24) is 4.98 Å². The Morgan fingerprint density at radius 3 is 3.00 bits per heavy atom. The highest BCUT2D eigenvalue weighted by atomic mass is 32.2. The molecule has 2 N–H and O–H groups in total. The Balaban J connectivity index is 2.23. The van der Waals surface area contributed by atoms with Gasteiger partial charge in [-0.1, -0.05) is 0 Å². The number of methoxy groups -OCH3 is 1. The molecule has 0 bridgehead atoms. The van der Waals surface area contributed by atoms with E-state index in [0.29, 0.717) is 17.6 Å². The zero-order valence-corrected chi connectivity index (χ0v) is 10.5. The molecule has 0 saturated carbocycles. The fourth-order valence-corrected chi connectivity index (χ4v) is 3.11. The van der Waals surface area contributed by atoms with Crippen LogP contribution in [-0.2, 0) is 0 Å². The monoisotopic (exact) mass is 239 g/mol. The molecule has 1 aliphatic rings. The zero-order valence-electron chi connectivity index (χ0n) is 9.64. The molecule has 2 rings (SSSR count). The van der Waals surface area contributed by atoms with Crippen molar-refractivity contribution in [3.05, 3.63) is 12.1 Å². The lowest BCUT2D eigenvalue weighted by molar-refractivity contribution is 0.398. The fourth-order valence-electron chi connectivity index (χ4n) is 1.84. The van der Waals surface area contributed by atoms with Crippen molar-refractivity contribution in [3.63, 3.8) is 0 Å². The molecule has 2 heterocycles. The predicted octanol–water partition coefficient (Wildman–Crippen LogP) is 1.61. The summed E-state index contributed by atoms with van der Waals surface area (Å²) in [6.07, 6.45) is 1.19. The van der Waals surface area contributed by atoms with Crippen molar-refractivity contribution in [2.45, 2.75) is 12.5 Å². The summed E-state index contributed by atoms with van der Waals surface area (Å²) in [5.74, 6) is 3.81. The number of rotatable bonds is 3. The molecule has 1 aliphatic heterocycles. The van der Waals surface area contributed by atoms with E-state index in [1.165, 1.54) is 12.2 Å². The molecule has 1 fully saturated rings. The van der Waals surface area contributed by atoms with E-state index in [4.69, 9.17) is 10.5 Å². The van der Waals surface area contributed by atoms with Crippen molar-refractivity contribution < 1.29 is 4.74 Å². The Morgan fingerprint density at radius 1 is 1.56 bits per heavy atom. The summed E-state index contributed by atoms with van der Waals surface area (Å²) in [5, 5.41) is 0. The van der Waals surface area contributed by atoms with Crippen LogP contribution >= 0.6 is 11.8 Å². The van der Waals surface area contributed by atoms with E-state index in [-0.39, 0.29) is 0 Å². The lowest BCUT2D eigenvalue weighted by atomic mass is 10.2. The Kier molecular flexibility index (Phi) is 3.43. The van der Waals surface area contributed by atoms with E-state index >= 15 is 0 Å². The number of pyridine rings is 1. The van der Waals surface area contributed by atoms with Gasteiger partial charge in [0.1, 0.15) is 0 Å². The third-order valence-electron chi connectivity index (χ3n) is 2.88. The minimum Gasteiger partial charge on any atom is -0.481 e. The molecule has 1 saturated heterocycles. The van der Waals surface area contributed by atoms with E-state index in [2.05, 4.69) is 16.9 Å². The average molecular weight is 239 g/mol. The van der Waals surface area contributed by atoms with Crippen LogP contribution in [0.15, 0.2) is 12.1 Å². The number of nitrogens with two attached hydrogens (primary N) is 1. The Morgan fingerprint density at radius 2 is 2.38 bits per heavy atom. The van der Waals surface area contributed by atoms with E-state index in [9.17, 15) is 0 Å². The van der Waals surface area contributed by atoms with Gasteiger partial charge >= 0.3 is 0 Å². The number of hydrogen-bond acceptors (Lipinski definition) is 5. The number of hydrogen-bond donors (Lipinski definition) is 1. The SMILES string of the molecule is COc1ccc(N)c(N(C)C2CCSC2)n1. The maximum atomic E-state index is 5.95. The number of thioether (sulfide) groups is 1. The van der Waals surface area contributed by atoms with Gasteiger partial charge in [0.05, 0.1) is 12.8 Å². The topological polar surface area (TPSA) is 51.4 Å². The molecule has 0 aromatic carbocycles. The van der Waals surface area contributed by atoms with Crippen molar-refractivity contribution in [1.29, 1.82) is 0 Å². The van der Waals surface area contributed by atoms with Gasteiger partial charge in [-0.05, 0) is 18.2 Å². The van der Waals surface area contributed by atoms with Crippen LogP contribution < -0.4 is 15.4 Å². The van der Waals surface area contributed by atoms with Crippen LogP contribution in [-0.4, -0.2) is 36.7 Å². The molecule has 5 heteroatoms. The first-order chi connectivity index (χ1) is 7.72. The fraction of sp³-hybridized carbons (Fsp3) is 0.545. The number of ether oxygens (including phenoxy) is 1. The first-order valence-corrected chi connectivity index (χ1v) is 6.49. The van der Waals surface area contributed by atoms with E-state index < -0.39 is 0 Å². The van der Waals surface area contributed by atoms with Crippen LogP contribution in [0.3, 0.4) is 0 Å². The van der Waals surface area contributed by atoms with Crippen LogP contribution in [0.1, 0.15) is 6.42 Å². The van der Waals surface area contributed by atoms with Gasteiger partial charge in [0.15, 0.2) is 5.82 Å². The molecule has 1 aromatic rings. The number of nitrogens with zero attached hydrogens (tertiary/aromatic N) is 2. The summed E-state index contributed by atoms with van der Waals surface area (Å²) in [5.41, 5.74) is 6.65. The Hall–Kier alpha value is -1.10. The van der Waals surface area contributed by atoms with Crippen molar-refractivity contribution in [2.24, 2.45) is 0 Å². The second-order valence-corrected chi connectivity index (χ2v) is 5.04. The van der Waals surface area contributed by atoms with E-state index in [0.717, 1.165) is 11.6 Å². The normalized spacial score (nSPS) is 19.8. The highest BCUT2D eigenvalue weighted by molar-refractivity contribution is 7.99. The van der Waals surface area contributed by atoms with Crippen molar-refractivity contribution >= 4 is 23.3 Å². The summed E-state index contributed by atoms with van der Waals surface area (Å²) in [7, 11) is 3.67. The number of aromatic nitrogens is 1. The van der Waals surface area contributed by atoms with Gasteiger partial charge < -0.3 is 15.4 Å². The summed E-state index contributed by atoms with van der Waals surface area (Å²) >= 11 is 1.98. The molecular weight excluding hydrogens is 222 g/mol. The lowest BCUT2D eigenvalue weighted by Gasteiger charge is -2.26. The third kappa shape index (κ3) is 2.19. The third-order valence-corrected chi connectivity index (χ3v) is 4.02. The number of nitrogen functional groups attached to an aromatic ring is 1. The van der Waals surface area contributed by atoms with Crippen LogP contribution in [0.5, 0.6) is 5.88 Å². The van der Waals surface area contributed by atoms with Gasteiger partial charge in [0.2, 0.25) is 5.88 Å². The first kappa shape index (κ1) is 11.4. The maximum absolute atomic E-state index is 5.95. The molecule has 4 nitrogen and oxygen atoms in total. The quantitative estimate of drug-likeness (QED) is 0.868. The first-order valence-electron chi connectivity index (χ1n) is 5.33. The van der Waals surface area contributed by atoms with E-state index in [1.807, 2.05) is 17.8 Å². The Labute approximate surface area is 100 Å². The smallest absolute Gasteiger partial charge is 0.215 e. The molecule has 1 atom stereocenters. The van der Waals surface area contributed by atoms with Crippen LogP contribution in [0.25, 0.3) is 0 Å². The van der Waals surface area contributed by atoms with Crippen LogP contribution in [0.2, 0.25) is 0 Å². The largest absolute Gasteiger partial charge is 0.481 e. The van der Waals surface area contributed by atoms with Gasteiger partial charge in [0.25, 0.3) is 0 Å². The molecular formula is C11H17N3OS. The highest BCUT2D eigenvalue weighted by Gasteiger charge is 2.22. The summed E-state index contributed by atoms with van der Waals surface area (Å²) in [6.45, 7) is 0.